The third-order valence-corrected chi connectivity index (χ3v) is 4.71. The number of hydrogen-bond acceptors (Lipinski definition) is 3. The topological polar surface area (TPSA) is 44.4 Å². The van der Waals surface area contributed by atoms with Gasteiger partial charge in [-0.3, -0.25) is 4.79 Å². The highest BCUT2D eigenvalue weighted by Gasteiger charge is 2.24. The van der Waals surface area contributed by atoms with Crippen LogP contribution in [0.2, 0.25) is 0 Å². The molecule has 1 aliphatic carbocycles. The van der Waals surface area contributed by atoms with Crippen LogP contribution in [0.25, 0.3) is 0 Å². The van der Waals surface area contributed by atoms with Crippen LogP contribution in [0.4, 0.5) is 0 Å². The smallest absolute Gasteiger partial charge is 0.223 e. The molecule has 110 valence electrons. The maximum Gasteiger partial charge on any atom is 0.223 e. The van der Waals surface area contributed by atoms with Crippen LogP contribution >= 0.6 is 0 Å². The lowest BCUT2D eigenvalue weighted by atomic mass is 9.92. The van der Waals surface area contributed by atoms with E-state index < -0.39 is 0 Å². The lowest BCUT2D eigenvalue weighted by Crippen LogP contribution is -2.44. The number of carbonyl (C=O) groups excluding carboxylic acids is 1. The van der Waals surface area contributed by atoms with Gasteiger partial charge in [-0.1, -0.05) is 12.8 Å². The minimum atomic E-state index is 0.216. The van der Waals surface area contributed by atoms with Gasteiger partial charge >= 0.3 is 0 Å². The van der Waals surface area contributed by atoms with Gasteiger partial charge in [-0.05, 0) is 46.2 Å². The van der Waals surface area contributed by atoms with Gasteiger partial charge in [0.1, 0.15) is 0 Å². The molecule has 1 saturated carbocycles. The Bertz CT molecular complexity index is 289. The lowest BCUT2D eigenvalue weighted by molar-refractivity contribution is -0.126. The Morgan fingerprint density at radius 3 is 2.74 bits per heavy atom. The Labute approximate surface area is 117 Å². The minimum absolute atomic E-state index is 0.216. The van der Waals surface area contributed by atoms with Gasteiger partial charge in [0.05, 0.1) is 0 Å². The summed E-state index contributed by atoms with van der Waals surface area (Å²) in [4.78, 5) is 14.5. The van der Waals surface area contributed by atoms with E-state index >= 15 is 0 Å². The maximum atomic E-state index is 12.1. The van der Waals surface area contributed by atoms with Crippen LogP contribution in [0.3, 0.4) is 0 Å². The van der Waals surface area contributed by atoms with E-state index in [2.05, 4.69) is 29.5 Å². The summed E-state index contributed by atoms with van der Waals surface area (Å²) in [6.07, 6.45) is 7.36. The van der Waals surface area contributed by atoms with E-state index in [4.69, 9.17) is 0 Å². The third-order valence-electron chi connectivity index (χ3n) is 4.71. The molecule has 1 amide bonds. The fourth-order valence-corrected chi connectivity index (χ4v) is 3.40. The molecule has 1 aliphatic heterocycles. The van der Waals surface area contributed by atoms with Crippen LogP contribution in [-0.2, 0) is 4.79 Å². The summed E-state index contributed by atoms with van der Waals surface area (Å²) in [5.74, 6) is 0.473. The highest BCUT2D eigenvalue weighted by Crippen LogP contribution is 2.22. The number of carbonyl (C=O) groups is 1. The van der Waals surface area contributed by atoms with Crippen molar-refractivity contribution >= 4 is 5.91 Å². The Balaban J connectivity index is 1.63. The van der Waals surface area contributed by atoms with E-state index in [1.165, 1.54) is 25.7 Å². The number of nitrogens with one attached hydrogen (secondary N) is 2. The predicted molar refractivity (Wildman–Crippen MR) is 78.1 cm³/mol. The van der Waals surface area contributed by atoms with E-state index in [1.807, 2.05) is 0 Å². The second-order valence-electron chi connectivity index (χ2n) is 6.29. The second kappa shape index (κ2) is 7.25. The average Bonchev–Trinajstić information content (AvgIpc) is 2.92. The quantitative estimate of drug-likeness (QED) is 0.790. The number of likely N-dealkylation sites (N-methyl/N-ethyl adjacent to an activating group) is 1. The molecular weight excluding hydrogens is 238 g/mol. The van der Waals surface area contributed by atoms with Gasteiger partial charge in [0, 0.05) is 31.1 Å². The zero-order chi connectivity index (χ0) is 13.7. The molecule has 0 radical (unpaired) electrons. The van der Waals surface area contributed by atoms with Crippen LogP contribution in [0.15, 0.2) is 0 Å². The van der Waals surface area contributed by atoms with Crippen molar-refractivity contribution in [1.29, 1.82) is 0 Å². The zero-order valence-electron chi connectivity index (χ0n) is 12.5. The molecular formula is C15H29N3O. The Kier molecular flexibility index (Phi) is 5.64. The average molecular weight is 267 g/mol. The van der Waals surface area contributed by atoms with E-state index in [0.717, 1.165) is 38.5 Å². The molecule has 0 aromatic rings. The van der Waals surface area contributed by atoms with Crippen molar-refractivity contribution in [2.75, 3.05) is 26.7 Å². The number of piperidine rings is 1. The summed E-state index contributed by atoms with van der Waals surface area (Å²) in [5, 5.41) is 6.51. The summed E-state index contributed by atoms with van der Waals surface area (Å²) in [6, 6.07) is 1.22. The highest BCUT2D eigenvalue weighted by atomic mass is 16.1. The summed E-state index contributed by atoms with van der Waals surface area (Å²) < 4.78 is 0. The van der Waals surface area contributed by atoms with Gasteiger partial charge in [0.2, 0.25) is 5.91 Å². The van der Waals surface area contributed by atoms with Crippen LogP contribution in [0, 0.1) is 5.92 Å². The van der Waals surface area contributed by atoms with Gasteiger partial charge in [0.25, 0.3) is 0 Å². The second-order valence-corrected chi connectivity index (χ2v) is 6.29. The van der Waals surface area contributed by atoms with Gasteiger partial charge in [-0.15, -0.1) is 0 Å². The van der Waals surface area contributed by atoms with E-state index in [0.29, 0.717) is 6.04 Å². The van der Waals surface area contributed by atoms with Crippen molar-refractivity contribution in [1.82, 2.24) is 15.5 Å². The molecule has 2 atom stereocenters. The molecule has 0 aromatic heterocycles. The number of rotatable bonds is 5. The normalized spacial score (nSPS) is 28.8. The SMILES string of the molecule is CC1CC(C(=O)NCCN(C)C2CCCC2)CCN1. The monoisotopic (exact) mass is 267 g/mol. The van der Waals surface area contributed by atoms with Gasteiger partial charge < -0.3 is 15.5 Å². The predicted octanol–water partition coefficient (Wildman–Crippen LogP) is 1.37. The maximum absolute atomic E-state index is 12.1. The molecule has 2 unspecified atom stereocenters. The summed E-state index contributed by atoms with van der Waals surface area (Å²) in [6.45, 7) is 4.91. The molecule has 2 rings (SSSR count). The molecule has 0 spiro atoms. The van der Waals surface area contributed by atoms with Crippen molar-refractivity contribution in [3.8, 4) is 0 Å². The van der Waals surface area contributed by atoms with E-state index in [9.17, 15) is 4.79 Å². The van der Waals surface area contributed by atoms with E-state index in [1.54, 1.807) is 0 Å². The summed E-state index contributed by atoms with van der Waals surface area (Å²) >= 11 is 0. The van der Waals surface area contributed by atoms with E-state index in [-0.39, 0.29) is 11.8 Å². The van der Waals surface area contributed by atoms with Crippen molar-refractivity contribution < 1.29 is 4.79 Å². The summed E-state index contributed by atoms with van der Waals surface area (Å²) in [5.41, 5.74) is 0. The zero-order valence-corrected chi connectivity index (χ0v) is 12.5. The molecule has 1 heterocycles. The van der Waals surface area contributed by atoms with Gasteiger partial charge in [0.15, 0.2) is 0 Å². The van der Waals surface area contributed by atoms with Gasteiger partial charge in [-0.25, -0.2) is 0 Å². The molecule has 0 aromatic carbocycles. The first-order valence-electron chi connectivity index (χ1n) is 7.88. The number of hydrogen-bond donors (Lipinski definition) is 2. The van der Waals surface area contributed by atoms with Crippen LogP contribution < -0.4 is 10.6 Å². The van der Waals surface area contributed by atoms with Crippen molar-refractivity contribution in [3.05, 3.63) is 0 Å². The molecule has 4 nitrogen and oxygen atoms in total. The Morgan fingerprint density at radius 1 is 1.32 bits per heavy atom. The molecule has 1 saturated heterocycles. The van der Waals surface area contributed by atoms with Crippen LogP contribution in [0.5, 0.6) is 0 Å². The Hall–Kier alpha value is -0.610. The first kappa shape index (κ1) is 14.8. The third kappa shape index (κ3) is 4.46. The van der Waals surface area contributed by atoms with Crippen LogP contribution in [0.1, 0.15) is 45.4 Å². The fourth-order valence-electron chi connectivity index (χ4n) is 3.40. The number of nitrogens with zero attached hydrogens (tertiary/aromatic N) is 1. The largest absolute Gasteiger partial charge is 0.355 e. The first-order chi connectivity index (χ1) is 9.16. The summed E-state index contributed by atoms with van der Waals surface area (Å²) in [7, 11) is 2.19. The number of amides is 1. The Morgan fingerprint density at radius 2 is 2.05 bits per heavy atom. The molecule has 2 aliphatic rings. The standard InChI is InChI=1S/C15H29N3O/c1-12-11-13(7-8-16-12)15(19)17-9-10-18(2)14-5-3-4-6-14/h12-14,16H,3-11H2,1-2H3,(H,17,19). The highest BCUT2D eigenvalue weighted by molar-refractivity contribution is 5.78. The van der Waals surface area contributed by atoms with Crippen molar-refractivity contribution in [3.63, 3.8) is 0 Å². The molecule has 2 N–H and O–H groups in total. The van der Waals surface area contributed by atoms with Crippen molar-refractivity contribution in [2.24, 2.45) is 5.92 Å². The minimum Gasteiger partial charge on any atom is -0.355 e. The lowest BCUT2D eigenvalue weighted by Gasteiger charge is -2.28. The molecule has 4 heteroatoms. The first-order valence-corrected chi connectivity index (χ1v) is 7.88. The molecule has 19 heavy (non-hydrogen) atoms. The molecule has 2 fully saturated rings. The van der Waals surface area contributed by atoms with Crippen LogP contribution in [-0.4, -0.2) is 49.6 Å². The van der Waals surface area contributed by atoms with Crippen molar-refractivity contribution in [2.45, 2.75) is 57.5 Å². The van der Waals surface area contributed by atoms with Gasteiger partial charge in [-0.2, -0.15) is 0 Å². The molecule has 0 bridgehead atoms. The fraction of sp³-hybridized carbons (Fsp3) is 0.933.